The number of carbonyl (C=O) groups is 1. The monoisotopic (exact) mass is 348 g/mol. The zero-order valence-corrected chi connectivity index (χ0v) is 15.3. The minimum Gasteiger partial charge on any atom is -0.484 e. The average molecular weight is 348 g/mol. The van der Waals surface area contributed by atoms with E-state index in [1.807, 2.05) is 36.4 Å². The molecule has 0 aromatic heterocycles. The Morgan fingerprint density at radius 2 is 1.69 bits per heavy atom. The Labute approximate surface area is 154 Å². The Hall–Kier alpha value is -2.59. The van der Waals surface area contributed by atoms with E-state index in [1.165, 1.54) is 5.56 Å². The molecule has 2 aromatic rings. The largest absolute Gasteiger partial charge is 0.484 e. The molecule has 0 spiro atoms. The molecule has 1 N–H and O–H groups in total. The summed E-state index contributed by atoms with van der Waals surface area (Å²) in [7, 11) is 0. The van der Waals surface area contributed by atoms with E-state index in [9.17, 15) is 4.79 Å². The van der Waals surface area contributed by atoms with Gasteiger partial charge in [0.05, 0.1) is 5.57 Å². The van der Waals surface area contributed by atoms with E-state index in [4.69, 9.17) is 4.74 Å². The number of anilines is 1. The van der Waals surface area contributed by atoms with E-state index in [-0.39, 0.29) is 12.0 Å². The highest BCUT2D eigenvalue weighted by atomic mass is 16.5. The third-order valence-corrected chi connectivity index (χ3v) is 5.31. The molecule has 4 rings (SSSR count). The molecule has 0 aliphatic carbocycles. The SMILES string of the molecule is CCN(CC)CCC1O/C(=C2/C(=O)Nc3ccccc32)c2ccccc21. The molecule has 0 saturated heterocycles. The van der Waals surface area contributed by atoms with Crippen LogP contribution in [-0.2, 0) is 9.53 Å². The molecule has 0 bridgehead atoms. The predicted octanol–water partition coefficient (Wildman–Crippen LogP) is 4.31. The highest BCUT2D eigenvalue weighted by Gasteiger charge is 2.35. The van der Waals surface area contributed by atoms with Gasteiger partial charge in [-0.3, -0.25) is 4.79 Å². The van der Waals surface area contributed by atoms with Crippen molar-refractivity contribution in [2.45, 2.75) is 26.4 Å². The molecule has 2 heterocycles. The van der Waals surface area contributed by atoms with Crippen LogP contribution in [0.2, 0.25) is 0 Å². The maximum absolute atomic E-state index is 12.6. The second kappa shape index (κ2) is 6.96. The zero-order valence-electron chi connectivity index (χ0n) is 15.3. The lowest BCUT2D eigenvalue weighted by molar-refractivity contribution is -0.110. The average Bonchev–Trinajstić information content (AvgIpc) is 3.19. The van der Waals surface area contributed by atoms with Crippen molar-refractivity contribution in [2.24, 2.45) is 0 Å². The summed E-state index contributed by atoms with van der Waals surface area (Å²) in [5, 5.41) is 2.95. The summed E-state index contributed by atoms with van der Waals surface area (Å²) in [6, 6.07) is 16.0. The number of benzene rings is 2. The molecule has 0 radical (unpaired) electrons. The molecule has 4 nitrogen and oxygen atoms in total. The van der Waals surface area contributed by atoms with E-state index in [1.54, 1.807) is 0 Å². The highest BCUT2D eigenvalue weighted by molar-refractivity contribution is 6.36. The van der Waals surface area contributed by atoms with Crippen molar-refractivity contribution in [1.29, 1.82) is 0 Å². The maximum Gasteiger partial charge on any atom is 0.260 e. The van der Waals surface area contributed by atoms with Gasteiger partial charge in [-0.2, -0.15) is 0 Å². The number of fused-ring (bicyclic) bond motifs is 2. The number of rotatable bonds is 5. The normalized spacial score (nSPS) is 20.7. The van der Waals surface area contributed by atoms with Crippen molar-refractivity contribution in [2.75, 3.05) is 25.0 Å². The molecule has 1 unspecified atom stereocenters. The first-order chi connectivity index (χ1) is 12.7. The lowest BCUT2D eigenvalue weighted by Gasteiger charge is -2.20. The molecule has 1 atom stereocenters. The Morgan fingerprint density at radius 1 is 1.00 bits per heavy atom. The molecule has 1 amide bonds. The number of carbonyl (C=O) groups excluding carboxylic acids is 1. The molecule has 26 heavy (non-hydrogen) atoms. The summed E-state index contributed by atoms with van der Waals surface area (Å²) >= 11 is 0. The second-order valence-corrected chi connectivity index (χ2v) is 6.71. The van der Waals surface area contributed by atoms with Crippen LogP contribution >= 0.6 is 0 Å². The predicted molar refractivity (Wildman–Crippen MR) is 105 cm³/mol. The number of amides is 1. The minimum atomic E-state index is -0.0830. The Balaban J connectivity index is 1.72. The van der Waals surface area contributed by atoms with Gasteiger partial charge in [0.2, 0.25) is 0 Å². The fraction of sp³-hybridized carbons (Fsp3) is 0.318. The Kier molecular flexibility index (Phi) is 4.51. The summed E-state index contributed by atoms with van der Waals surface area (Å²) in [6.45, 7) is 7.42. The van der Waals surface area contributed by atoms with Crippen LogP contribution in [0.3, 0.4) is 0 Å². The summed E-state index contributed by atoms with van der Waals surface area (Å²) in [6.07, 6.45) is 0.911. The number of para-hydroxylation sites is 1. The fourth-order valence-electron chi connectivity index (χ4n) is 3.84. The lowest BCUT2D eigenvalue weighted by Crippen LogP contribution is -2.25. The summed E-state index contributed by atoms with van der Waals surface area (Å²) in [4.78, 5) is 15.0. The van der Waals surface area contributed by atoms with Crippen molar-refractivity contribution in [1.82, 2.24) is 4.90 Å². The van der Waals surface area contributed by atoms with Crippen LogP contribution in [0.1, 0.15) is 43.1 Å². The quantitative estimate of drug-likeness (QED) is 0.819. The van der Waals surface area contributed by atoms with Crippen LogP contribution in [0.5, 0.6) is 0 Å². The number of ether oxygens (including phenoxy) is 1. The van der Waals surface area contributed by atoms with Gasteiger partial charge in [-0.05, 0) is 19.2 Å². The summed E-state index contributed by atoms with van der Waals surface area (Å²) < 4.78 is 6.37. The van der Waals surface area contributed by atoms with Crippen molar-refractivity contribution in [3.05, 3.63) is 65.2 Å². The zero-order chi connectivity index (χ0) is 18.1. The second-order valence-electron chi connectivity index (χ2n) is 6.71. The van der Waals surface area contributed by atoms with E-state index >= 15 is 0 Å². The molecular formula is C22H24N2O2. The molecule has 2 aliphatic heterocycles. The molecule has 4 heteroatoms. The van der Waals surface area contributed by atoms with Gasteiger partial charge in [0.1, 0.15) is 11.9 Å². The number of nitrogens with one attached hydrogen (secondary N) is 1. The number of hydrogen-bond acceptors (Lipinski definition) is 3. The third kappa shape index (κ3) is 2.80. The van der Waals surface area contributed by atoms with Gasteiger partial charge in [-0.15, -0.1) is 0 Å². The first-order valence-corrected chi connectivity index (χ1v) is 9.36. The van der Waals surface area contributed by atoms with Crippen molar-refractivity contribution in [3.8, 4) is 0 Å². The molecule has 0 saturated carbocycles. The van der Waals surface area contributed by atoms with Gasteiger partial charge in [0.15, 0.2) is 0 Å². The smallest absolute Gasteiger partial charge is 0.260 e. The van der Waals surface area contributed by atoms with Crippen LogP contribution in [0.25, 0.3) is 11.3 Å². The number of hydrogen-bond donors (Lipinski definition) is 1. The third-order valence-electron chi connectivity index (χ3n) is 5.31. The molecule has 0 fully saturated rings. The summed E-state index contributed by atoms with van der Waals surface area (Å²) in [5.41, 5.74) is 4.65. The van der Waals surface area contributed by atoms with E-state index in [0.717, 1.165) is 42.9 Å². The van der Waals surface area contributed by atoms with Crippen LogP contribution in [-0.4, -0.2) is 30.4 Å². The fourth-order valence-corrected chi connectivity index (χ4v) is 3.84. The topological polar surface area (TPSA) is 41.6 Å². The van der Waals surface area contributed by atoms with Crippen molar-refractivity contribution >= 4 is 22.9 Å². The Morgan fingerprint density at radius 3 is 2.46 bits per heavy atom. The van der Waals surface area contributed by atoms with Gasteiger partial charge >= 0.3 is 0 Å². The van der Waals surface area contributed by atoms with Crippen LogP contribution < -0.4 is 5.32 Å². The Bertz CT molecular complexity index is 868. The standard InChI is InChI=1S/C22H24N2O2/c1-3-24(4-2)14-13-19-15-9-5-6-10-16(15)21(26-19)20-17-11-7-8-12-18(17)23-22(20)25/h5-12,19H,3-4,13-14H2,1-2H3,(H,23,25)/b21-20+. The van der Waals surface area contributed by atoms with Crippen LogP contribution in [0.4, 0.5) is 5.69 Å². The van der Waals surface area contributed by atoms with Crippen LogP contribution in [0, 0.1) is 0 Å². The summed E-state index contributed by atoms with van der Waals surface area (Å²) in [5.74, 6) is 0.632. The van der Waals surface area contributed by atoms with Crippen molar-refractivity contribution in [3.63, 3.8) is 0 Å². The van der Waals surface area contributed by atoms with Gasteiger partial charge in [-0.25, -0.2) is 0 Å². The molecule has 2 aromatic carbocycles. The van der Waals surface area contributed by atoms with Gasteiger partial charge in [0.25, 0.3) is 5.91 Å². The van der Waals surface area contributed by atoms with E-state index < -0.39 is 0 Å². The molecular weight excluding hydrogens is 324 g/mol. The van der Waals surface area contributed by atoms with Gasteiger partial charge in [0, 0.05) is 35.3 Å². The van der Waals surface area contributed by atoms with Gasteiger partial charge < -0.3 is 15.0 Å². The lowest BCUT2D eigenvalue weighted by atomic mass is 9.98. The first-order valence-electron chi connectivity index (χ1n) is 9.36. The van der Waals surface area contributed by atoms with Crippen molar-refractivity contribution < 1.29 is 9.53 Å². The minimum absolute atomic E-state index is 0.00476. The highest BCUT2D eigenvalue weighted by Crippen LogP contribution is 2.46. The van der Waals surface area contributed by atoms with E-state index in [2.05, 4.69) is 36.2 Å². The van der Waals surface area contributed by atoms with E-state index in [0.29, 0.717) is 11.3 Å². The first kappa shape index (κ1) is 16.9. The number of nitrogens with zero attached hydrogens (tertiary/aromatic N) is 1. The molecule has 2 aliphatic rings. The molecule has 134 valence electrons. The van der Waals surface area contributed by atoms with Gasteiger partial charge in [-0.1, -0.05) is 56.3 Å². The van der Waals surface area contributed by atoms with Crippen LogP contribution in [0.15, 0.2) is 48.5 Å². The maximum atomic E-state index is 12.6.